The van der Waals surface area contributed by atoms with Crippen LogP contribution in [0.1, 0.15) is 17.3 Å². The molecule has 24 heavy (non-hydrogen) atoms. The van der Waals surface area contributed by atoms with Crippen molar-refractivity contribution in [1.29, 1.82) is 0 Å². The van der Waals surface area contributed by atoms with Gasteiger partial charge in [-0.3, -0.25) is 4.79 Å². The van der Waals surface area contributed by atoms with Gasteiger partial charge < -0.3 is 21.7 Å². The number of amides is 1. The molecule has 0 heterocycles. The van der Waals surface area contributed by atoms with Crippen molar-refractivity contribution < 1.29 is 4.79 Å². The Labute approximate surface area is 142 Å². The summed E-state index contributed by atoms with van der Waals surface area (Å²) in [5.41, 5.74) is 9.36. The third-order valence-corrected chi connectivity index (χ3v) is 3.32. The van der Waals surface area contributed by atoms with E-state index in [1.54, 1.807) is 30.3 Å². The van der Waals surface area contributed by atoms with E-state index in [0.29, 0.717) is 16.9 Å². The molecular weight excluding hydrogens is 300 g/mol. The van der Waals surface area contributed by atoms with Gasteiger partial charge in [0.05, 0.1) is 0 Å². The Hall–Kier alpha value is -3.21. The number of carbonyl (C=O) groups excluding carboxylic acids is 1. The molecule has 5 nitrogen and oxygen atoms in total. The van der Waals surface area contributed by atoms with E-state index in [2.05, 4.69) is 16.0 Å². The monoisotopic (exact) mass is 322 g/mol. The molecule has 0 atom stereocenters. The van der Waals surface area contributed by atoms with Crippen molar-refractivity contribution in [3.8, 4) is 0 Å². The summed E-state index contributed by atoms with van der Waals surface area (Å²) in [6.07, 6.45) is 5.70. The molecule has 2 rings (SSSR count). The molecule has 0 saturated heterocycles. The van der Waals surface area contributed by atoms with E-state index in [1.165, 1.54) is 0 Å². The van der Waals surface area contributed by atoms with Crippen molar-refractivity contribution in [3.05, 3.63) is 78.1 Å². The van der Waals surface area contributed by atoms with Gasteiger partial charge >= 0.3 is 0 Å². The summed E-state index contributed by atoms with van der Waals surface area (Å²) in [5, 5.41) is 9.07. The largest absolute Gasteiger partial charge is 0.399 e. The molecule has 0 radical (unpaired) electrons. The molecule has 0 aromatic heterocycles. The molecule has 0 saturated carbocycles. The highest BCUT2D eigenvalue weighted by Gasteiger charge is 2.07. The molecule has 1 amide bonds. The summed E-state index contributed by atoms with van der Waals surface area (Å²) in [7, 11) is 1.84. The van der Waals surface area contributed by atoms with Crippen LogP contribution >= 0.6 is 0 Å². The maximum absolute atomic E-state index is 12.4. The van der Waals surface area contributed by atoms with Gasteiger partial charge in [0.2, 0.25) is 0 Å². The fraction of sp³-hybridized carbons (Fsp3) is 0.105. The number of allylic oxidation sites excluding steroid dienone is 2. The number of carbonyl (C=O) groups is 1. The van der Waals surface area contributed by atoms with Gasteiger partial charge in [0.25, 0.3) is 5.91 Å². The number of nitrogen functional groups attached to an aromatic ring is 1. The van der Waals surface area contributed by atoms with E-state index in [-0.39, 0.29) is 5.91 Å². The predicted molar refractivity (Wildman–Crippen MR) is 101 cm³/mol. The zero-order chi connectivity index (χ0) is 17.4. The summed E-state index contributed by atoms with van der Waals surface area (Å²) in [5.74, 6) is -0.170. The zero-order valence-electron chi connectivity index (χ0n) is 13.8. The lowest BCUT2D eigenvalue weighted by Gasteiger charge is -2.10. The minimum atomic E-state index is -0.170. The first-order valence-corrected chi connectivity index (χ1v) is 7.66. The van der Waals surface area contributed by atoms with Crippen LogP contribution in [0, 0.1) is 0 Å². The Morgan fingerprint density at radius 3 is 2.46 bits per heavy atom. The summed E-state index contributed by atoms with van der Waals surface area (Å²) < 4.78 is 0. The van der Waals surface area contributed by atoms with Crippen LogP contribution in [0.5, 0.6) is 0 Å². The number of hydrogen-bond acceptors (Lipinski definition) is 4. The summed E-state index contributed by atoms with van der Waals surface area (Å²) in [6.45, 7) is 1.94. The molecule has 0 unspecified atom stereocenters. The fourth-order valence-electron chi connectivity index (χ4n) is 2.06. The zero-order valence-corrected chi connectivity index (χ0v) is 13.8. The Morgan fingerprint density at radius 1 is 1.04 bits per heavy atom. The highest BCUT2D eigenvalue weighted by molar-refractivity contribution is 6.04. The number of anilines is 3. The van der Waals surface area contributed by atoms with E-state index in [0.717, 1.165) is 11.4 Å². The number of benzene rings is 2. The van der Waals surface area contributed by atoms with Crippen LogP contribution in [-0.4, -0.2) is 13.0 Å². The molecule has 0 fully saturated rings. The number of nitrogens with one attached hydrogen (secondary N) is 3. The minimum Gasteiger partial charge on any atom is -0.399 e. The molecule has 2 aromatic rings. The molecule has 5 heteroatoms. The first-order chi connectivity index (χ1) is 11.6. The van der Waals surface area contributed by atoms with Gasteiger partial charge in [-0.05, 0) is 61.7 Å². The Kier molecular flexibility index (Phi) is 6.02. The van der Waals surface area contributed by atoms with Crippen LogP contribution in [0.15, 0.2) is 72.6 Å². The van der Waals surface area contributed by atoms with Crippen LogP contribution < -0.4 is 21.7 Å². The third-order valence-electron chi connectivity index (χ3n) is 3.32. The quantitative estimate of drug-likeness (QED) is 0.484. The molecule has 124 valence electrons. The van der Waals surface area contributed by atoms with Crippen molar-refractivity contribution in [1.82, 2.24) is 5.32 Å². The molecule has 0 spiro atoms. The Bertz CT molecular complexity index is 748. The fourth-order valence-corrected chi connectivity index (χ4v) is 2.06. The van der Waals surface area contributed by atoms with E-state index in [1.807, 2.05) is 50.5 Å². The average molecular weight is 322 g/mol. The lowest BCUT2D eigenvalue weighted by Crippen LogP contribution is -2.12. The van der Waals surface area contributed by atoms with Gasteiger partial charge in [0.15, 0.2) is 0 Å². The smallest absolute Gasteiger partial charge is 0.255 e. The van der Waals surface area contributed by atoms with Gasteiger partial charge in [0, 0.05) is 35.4 Å². The second-order valence-electron chi connectivity index (χ2n) is 5.15. The maximum atomic E-state index is 12.4. The van der Waals surface area contributed by atoms with E-state index >= 15 is 0 Å². The van der Waals surface area contributed by atoms with E-state index in [4.69, 9.17) is 5.73 Å². The first kappa shape index (κ1) is 17.1. The van der Waals surface area contributed by atoms with Gasteiger partial charge in [-0.15, -0.1) is 0 Å². The maximum Gasteiger partial charge on any atom is 0.255 e. The topological polar surface area (TPSA) is 79.2 Å². The molecule has 0 aliphatic rings. The van der Waals surface area contributed by atoms with Crippen molar-refractivity contribution in [2.45, 2.75) is 6.92 Å². The van der Waals surface area contributed by atoms with Crippen LogP contribution in [0.25, 0.3) is 0 Å². The van der Waals surface area contributed by atoms with Crippen molar-refractivity contribution in [2.75, 3.05) is 23.4 Å². The number of rotatable bonds is 6. The van der Waals surface area contributed by atoms with Crippen molar-refractivity contribution in [3.63, 3.8) is 0 Å². The highest BCUT2D eigenvalue weighted by Crippen LogP contribution is 2.16. The Morgan fingerprint density at radius 2 is 1.79 bits per heavy atom. The number of nitrogens with two attached hydrogens (primary N) is 1. The van der Waals surface area contributed by atoms with Crippen molar-refractivity contribution in [2.24, 2.45) is 0 Å². The number of hydrogen-bond donors (Lipinski definition) is 4. The van der Waals surface area contributed by atoms with Crippen LogP contribution in [0.2, 0.25) is 0 Å². The van der Waals surface area contributed by atoms with Crippen LogP contribution in [-0.2, 0) is 0 Å². The summed E-state index contributed by atoms with van der Waals surface area (Å²) >= 11 is 0. The van der Waals surface area contributed by atoms with Gasteiger partial charge in [0.1, 0.15) is 0 Å². The minimum absolute atomic E-state index is 0.170. The standard InChI is InChI=1S/C19H22N4O/c1-3-16(11-12-21-2)22-18-6-4-5-14(13-18)19(24)23-17-9-7-15(20)8-10-17/h3-13,21-22H,20H2,1-2H3,(H,23,24)/b12-11-,16-3+. The van der Waals surface area contributed by atoms with E-state index in [9.17, 15) is 4.79 Å². The first-order valence-electron chi connectivity index (χ1n) is 7.66. The predicted octanol–water partition coefficient (Wildman–Crippen LogP) is 3.57. The molecule has 0 aliphatic heterocycles. The molecule has 2 aromatic carbocycles. The highest BCUT2D eigenvalue weighted by atomic mass is 16.1. The van der Waals surface area contributed by atoms with Crippen molar-refractivity contribution >= 4 is 23.0 Å². The lowest BCUT2D eigenvalue weighted by atomic mass is 10.1. The second-order valence-corrected chi connectivity index (χ2v) is 5.15. The molecule has 0 bridgehead atoms. The third kappa shape index (κ3) is 4.91. The Balaban J connectivity index is 2.10. The molecule has 0 aliphatic carbocycles. The second kappa shape index (κ2) is 8.43. The average Bonchev–Trinajstić information content (AvgIpc) is 2.60. The van der Waals surface area contributed by atoms with Gasteiger partial charge in [-0.2, -0.15) is 0 Å². The lowest BCUT2D eigenvalue weighted by molar-refractivity contribution is 0.102. The summed E-state index contributed by atoms with van der Waals surface area (Å²) in [4.78, 5) is 12.4. The van der Waals surface area contributed by atoms with Crippen LogP contribution in [0.3, 0.4) is 0 Å². The summed E-state index contributed by atoms with van der Waals surface area (Å²) in [6, 6.07) is 14.4. The normalized spacial score (nSPS) is 11.3. The van der Waals surface area contributed by atoms with Gasteiger partial charge in [-0.1, -0.05) is 12.1 Å². The molecular formula is C19H22N4O. The van der Waals surface area contributed by atoms with E-state index < -0.39 is 0 Å². The SMILES string of the molecule is C/C=C(\C=C/NC)Nc1cccc(C(=O)Nc2ccc(N)cc2)c1. The van der Waals surface area contributed by atoms with Gasteiger partial charge in [-0.25, -0.2) is 0 Å². The van der Waals surface area contributed by atoms with Crippen LogP contribution in [0.4, 0.5) is 17.1 Å². The molecule has 5 N–H and O–H groups in total.